The summed E-state index contributed by atoms with van der Waals surface area (Å²) in [6.45, 7) is 0.292. The highest BCUT2D eigenvalue weighted by Gasteiger charge is 2.22. The number of rotatable bonds is 4. The third kappa shape index (κ3) is 3.29. The monoisotopic (exact) mass is 252 g/mol. The van der Waals surface area contributed by atoms with Crippen molar-refractivity contribution in [3.8, 4) is 0 Å². The van der Waals surface area contributed by atoms with Crippen LogP contribution in [0.2, 0.25) is 0 Å². The molecular formula is C12H20N4O2. The van der Waals surface area contributed by atoms with Crippen molar-refractivity contribution in [1.29, 1.82) is 0 Å². The highest BCUT2D eigenvalue weighted by atomic mass is 16.3. The topological polar surface area (TPSA) is 80.0 Å². The number of hydrogen-bond acceptors (Lipinski definition) is 4. The lowest BCUT2D eigenvalue weighted by Crippen LogP contribution is -2.37. The molecule has 0 saturated heterocycles. The number of nitrogens with zero attached hydrogens (tertiary/aromatic N) is 3. The minimum absolute atomic E-state index is 0.280. The van der Waals surface area contributed by atoms with E-state index in [1.807, 2.05) is 0 Å². The first-order valence-electron chi connectivity index (χ1n) is 6.49. The Morgan fingerprint density at radius 2 is 2.28 bits per heavy atom. The molecule has 100 valence electrons. The van der Waals surface area contributed by atoms with Crippen molar-refractivity contribution >= 4 is 5.91 Å². The lowest BCUT2D eigenvalue weighted by molar-refractivity contribution is 0.0736. The van der Waals surface area contributed by atoms with E-state index in [-0.39, 0.29) is 11.6 Å². The van der Waals surface area contributed by atoms with Gasteiger partial charge in [-0.2, -0.15) is 0 Å². The Hall–Kier alpha value is -1.43. The van der Waals surface area contributed by atoms with E-state index in [9.17, 15) is 9.90 Å². The molecule has 0 aliphatic heterocycles. The van der Waals surface area contributed by atoms with Crippen molar-refractivity contribution in [1.82, 2.24) is 20.3 Å². The second-order valence-corrected chi connectivity index (χ2v) is 4.95. The van der Waals surface area contributed by atoms with Crippen LogP contribution in [0.15, 0.2) is 6.20 Å². The van der Waals surface area contributed by atoms with E-state index < -0.39 is 6.10 Å². The highest BCUT2D eigenvalue weighted by molar-refractivity contribution is 5.91. The van der Waals surface area contributed by atoms with Gasteiger partial charge in [0.1, 0.15) is 0 Å². The Bertz CT molecular complexity index is 399. The quantitative estimate of drug-likeness (QED) is 0.817. The van der Waals surface area contributed by atoms with Gasteiger partial charge in [0, 0.05) is 13.6 Å². The predicted octanol–water partition coefficient (Wildman–Crippen LogP) is 0.486. The first-order chi connectivity index (χ1) is 8.66. The maximum absolute atomic E-state index is 11.7. The third-order valence-electron chi connectivity index (χ3n) is 3.50. The second kappa shape index (κ2) is 5.95. The lowest BCUT2D eigenvalue weighted by Gasteiger charge is -2.26. The van der Waals surface area contributed by atoms with Crippen LogP contribution < -0.4 is 5.32 Å². The number of amides is 1. The minimum Gasteiger partial charge on any atom is -0.391 e. The zero-order valence-electron chi connectivity index (χ0n) is 10.7. The summed E-state index contributed by atoms with van der Waals surface area (Å²) < 4.78 is 1.48. The molecule has 0 bridgehead atoms. The summed E-state index contributed by atoms with van der Waals surface area (Å²) in [7, 11) is 1.71. The number of aromatic nitrogens is 3. The molecule has 0 unspecified atom stereocenters. The van der Waals surface area contributed by atoms with E-state index in [4.69, 9.17) is 0 Å². The van der Waals surface area contributed by atoms with E-state index >= 15 is 0 Å². The molecule has 6 heteroatoms. The number of nitrogens with one attached hydrogen (secondary N) is 1. The van der Waals surface area contributed by atoms with Gasteiger partial charge in [-0.25, -0.2) is 0 Å². The zero-order chi connectivity index (χ0) is 13.0. The van der Waals surface area contributed by atoms with Crippen molar-refractivity contribution in [2.45, 2.75) is 38.2 Å². The minimum atomic E-state index is -0.453. The molecule has 0 spiro atoms. The fourth-order valence-electron chi connectivity index (χ4n) is 2.42. The largest absolute Gasteiger partial charge is 0.391 e. The van der Waals surface area contributed by atoms with Crippen LogP contribution in [0.1, 0.15) is 42.6 Å². The zero-order valence-corrected chi connectivity index (χ0v) is 10.7. The maximum atomic E-state index is 11.7. The van der Waals surface area contributed by atoms with Crippen molar-refractivity contribution in [2.75, 3.05) is 6.54 Å². The second-order valence-electron chi connectivity index (χ2n) is 4.95. The van der Waals surface area contributed by atoms with E-state index in [1.54, 1.807) is 13.2 Å². The molecule has 1 atom stereocenters. The van der Waals surface area contributed by atoms with E-state index in [2.05, 4.69) is 15.6 Å². The smallest absolute Gasteiger partial charge is 0.273 e. The molecule has 6 nitrogen and oxygen atoms in total. The molecule has 1 heterocycles. The van der Waals surface area contributed by atoms with Gasteiger partial charge in [0.05, 0.1) is 12.3 Å². The van der Waals surface area contributed by atoms with Crippen LogP contribution in [0, 0.1) is 5.92 Å². The number of carbonyl (C=O) groups is 1. The molecular weight excluding hydrogens is 232 g/mol. The van der Waals surface area contributed by atoms with Crippen molar-refractivity contribution in [3.05, 3.63) is 11.9 Å². The number of carbonyl (C=O) groups excluding carboxylic acids is 1. The standard InChI is InChI=1S/C12H20N4O2/c1-16-8-10(14-15-16)12(18)13-7-11(17)9-5-3-2-4-6-9/h8-9,11,17H,2-7H2,1H3,(H,13,18)/t11-/m1/s1. The SMILES string of the molecule is Cn1cc(C(=O)NC[C@@H](O)C2CCCCC2)nn1. The fraction of sp³-hybridized carbons (Fsp3) is 0.750. The Kier molecular flexibility index (Phi) is 4.30. The maximum Gasteiger partial charge on any atom is 0.273 e. The summed E-state index contributed by atoms with van der Waals surface area (Å²) in [4.78, 5) is 11.7. The molecule has 0 aromatic carbocycles. The van der Waals surface area contributed by atoms with Crippen LogP contribution in [0.4, 0.5) is 0 Å². The molecule has 1 saturated carbocycles. The molecule has 1 fully saturated rings. The van der Waals surface area contributed by atoms with Crippen LogP contribution >= 0.6 is 0 Å². The van der Waals surface area contributed by atoms with Gasteiger partial charge in [0.25, 0.3) is 5.91 Å². The van der Waals surface area contributed by atoms with Gasteiger partial charge in [-0.1, -0.05) is 24.5 Å². The predicted molar refractivity (Wildman–Crippen MR) is 65.9 cm³/mol. The molecule has 2 N–H and O–H groups in total. The Morgan fingerprint density at radius 3 is 2.89 bits per heavy atom. The van der Waals surface area contributed by atoms with Crippen LogP contribution in [0.5, 0.6) is 0 Å². The molecule has 1 aliphatic rings. The Morgan fingerprint density at radius 1 is 1.56 bits per heavy atom. The normalized spacial score (nSPS) is 18.6. The van der Waals surface area contributed by atoms with E-state index in [0.29, 0.717) is 12.5 Å². The first kappa shape index (κ1) is 13.0. The molecule has 1 aromatic heterocycles. The summed E-state index contributed by atoms with van der Waals surface area (Å²) in [5, 5.41) is 20.1. The average Bonchev–Trinajstić information content (AvgIpc) is 2.83. The summed E-state index contributed by atoms with van der Waals surface area (Å²) in [6, 6.07) is 0. The fourth-order valence-corrected chi connectivity index (χ4v) is 2.42. The van der Waals surface area contributed by atoms with Crippen molar-refractivity contribution in [3.63, 3.8) is 0 Å². The van der Waals surface area contributed by atoms with Gasteiger partial charge in [0.2, 0.25) is 0 Å². The van der Waals surface area contributed by atoms with E-state index in [0.717, 1.165) is 12.8 Å². The van der Waals surface area contributed by atoms with Crippen LogP contribution in [-0.4, -0.2) is 38.7 Å². The van der Waals surface area contributed by atoms with Gasteiger partial charge in [-0.3, -0.25) is 9.48 Å². The number of aliphatic hydroxyl groups excluding tert-OH is 1. The number of hydrogen-bond donors (Lipinski definition) is 2. The molecule has 1 aliphatic carbocycles. The first-order valence-corrected chi connectivity index (χ1v) is 6.49. The average molecular weight is 252 g/mol. The van der Waals surface area contributed by atoms with Gasteiger partial charge < -0.3 is 10.4 Å². The van der Waals surface area contributed by atoms with Gasteiger partial charge in [0.15, 0.2) is 5.69 Å². The van der Waals surface area contributed by atoms with Crippen LogP contribution in [0.25, 0.3) is 0 Å². The van der Waals surface area contributed by atoms with Crippen LogP contribution in [-0.2, 0) is 7.05 Å². The number of aryl methyl sites for hydroxylation is 1. The molecule has 1 aromatic rings. The molecule has 1 amide bonds. The summed E-state index contributed by atoms with van der Waals surface area (Å²) in [6.07, 6.45) is 6.84. The molecule has 0 radical (unpaired) electrons. The third-order valence-corrected chi connectivity index (χ3v) is 3.50. The van der Waals surface area contributed by atoms with Crippen molar-refractivity contribution < 1.29 is 9.90 Å². The Labute approximate surface area is 106 Å². The van der Waals surface area contributed by atoms with Gasteiger partial charge in [-0.15, -0.1) is 5.10 Å². The summed E-state index contributed by atoms with van der Waals surface area (Å²) in [5.74, 6) is 0.0406. The van der Waals surface area contributed by atoms with Gasteiger partial charge in [-0.05, 0) is 18.8 Å². The lowest BCUT2D eigenvalue weighted by atomic mass is 9.85. The Balaban J connectivity index is 1.78. The van der Waals surface area contributed by atoms with Crippen molar-refractivity contribution in [2.24, 2.45) is 13.0 Å². The van der Waals surface area contributed by atoms with E-state index in [1.165, 1.54) is 23.9 Å². The van der Waals surface area contributed by atoms with Gasteiger partial charge >= 0.3 is 0 Å². The molecule has 2 rings (SSSR count). The van der Waals surface area contributed by atoms with Crippen LogP contribution in [0.3, 0.4) is 0 Å². The summed E-state index contributed by atoms with van der Waals surface area (Å²) in [5.41, 5.74) is 0.286. The summed E-state index contributed by atoms with van der Waals surface area (Å²) >= 11 is 0. The molecule has 18 heavy (non-hydrogen) atoms. The highest BCUT2D eigenvalue weighted by Crippen LogP contribution is 2.26. The number of aliphatic hydroxyl groups is 1.